The zero-order valence-electron chi connectivity index (χ0n) is 12.0. The lowest BCUT2D eigenvalue weighted by Crippen LogP contribution is -2.39. The quantitative estimate of drug-likeness (QED) is 0.875. The highest BCUT2D eigenvalue weighted by Gasteiger charge is 2.16. The summed E-state index contributed by atoms with van der Waals surface area (Å²) in [5.74, 6) is 1.19. The second-order valence-electron chi connectivity index (χ2n) is 5.27. The molecule has 4 nitrogen and oxygen atoms in total. The summed E-state index contributed by atoms with van der Waals surface area (Å²) in [6.45, 7) is 6.21. The van der Waals surface area contributed by atoms with Crippen molar-refractivity contribution in [3.63, 3.8) is 0 Å². The van der Waals surface area contributed by atoms with E-state index in [1.54, 1.807) is 0 Å². The zero-order valence-corrected chi connectivity index (χ0v) is 12.8. The van der Waals surface area contributed by atoms with Gasteiger partial charge in [0, 0.05) is 12.6 Å². The predicted molar refractivity (Wildman–Crippen MR) is 82.7 cm³/mol. The fraction of sp³-hybridized carbons (Fsp3) is 0.533. The standard InChI is InChI=1S/C15H22N2O2.ClH/c1-11(2)12-3-5-14(6-4-12)19-10-15(18)17-13-7-8-16-9-13;/h3-6,11,13,16H,7-10H2,1-2H3,(H,17,18);1H. The van der Waals surface area contributed by atoms with Gasteiger partial charge in [-0.2, -0.15) is 0 Å². The third kappa shape index (κ3) is 5.02. The van der Waals surface area contributed by atoms with Crippen LogP contribution in [0.15, 0.2) is 24.3 Å². The van der Waals surface area contributed by atoms with Crippen molar-refractivity contribution >= 4 is 18.3 Å². The highest BCUT2D eigenvalue weighted by molar-refractivity contribution is 5.85. The average Bonchev–Trinajstić information content (AvgIpc) is 2.89. The monoisotopic (exact) mass is 298 g/mol. The van der Waals surface area contributed by atoms with Crippen molar-refractivity contribution in [2.45, 2.75) is 32.2 Å². The van der Waals surface area contributed by atoms with Crippen molar-refractivity contribution in [3.8, 4) is 5.75 Å². The number of carbonyl (C=O) groups excluding carboxylic acids is 1. The Morgan fingerprint density at radius 2 is 2.10 bits per heavy atom. The first-order valence-electron chi connectivity index (χ1n) is 6.88. The molecule has 1 heterocycles. The van der Waals surface area contributed by atoms with Crippen molar-refractivity contribution in [1.82, 2.24) is 10.6 Å². The van der Waals surface area contributed by atoms with Crippen LogP contribution in [0.4, 0.5) is 0 Å². The molecule has 0 radical (unpaired) electrons. The number of rotatable bonds is 5. The van der Waals surface area contributed by atoms with Crippen LogP contribution in [0.3, 0.4) is 0 Å². The maximum atomic E-state index is 11.7. The van der Waals surface area contributed by atoms with Crippen molar-refractivity contribution in [1.29, 1.82) is 0 Å². The van der Waals surface area contributed by atoms with Crippen molar-refractivity contribution < 1.29 is 9.53 Å². The molecule has 2 rings (SSSR count). The fourth-order valence-electron chi connectivity index (χ4n) is 2.15. The second kappa shape index (κ2) is 8.12. The first-order chi connectivity index (χ1) is 9.15. The number of hydrogen-bond donors (Lipinski definition) is 2. The van der Waals surface area contributed by atoms with Gasteiger partial charge in [-0.1, -0.05) is 26.0 Å². The smallest absolute Gasteiger partial charge is 0.258 e. The number of halogens is 1. The first kappa shape index (κ1) is 16.8. The highest BCUT2D eigenvalue weighted by Crippen LogP contribution is 2.18. The number of benzene rings is 1. The summed E-state index contributed by atoms with van der Waals surface area (Å²) in [5, 5.41) is 6.16. The van der Waals surface area contributed by atoms with Crippen LogP contribution in [-0.2, 0) is 4.79 Å². The minimum Gasteiger partial charge on any atom is -0.484 e. The molecule has 20 heavy (non-hydrogen) atoms. The normalized spacial score (nSPS) is 17.6. The van der Waals surface area contributed by atoms with Crippen LogP contribution < -0.4 is 15.4 Å². The van der Waals surface area contributed by atoms with E-state index in [0.29, 0.717) is 5.92 Å². The van der Waals surface area contributed by atoms with E-state index in [1.165, 1.54) is 5.56 Å². The Labute approximate surface area is 126 Å². The van der Waals surface area contributed by atoms with Gasteiger partial charge in [0.2, 0.25) is 0 Å². The van der Waals surface area contributed by atoms with E-state index < -0.39 is 0 Å². The molecule has 1 aliphatic rings. The molecule has 1 aliphatic heterocycles. The maximum absolute atomic E-state index is 11.7. The molecule has 0 saturated carbocycles. The summed E-state index contributed by atoms with van der Waals surface area (Å²) in [6.07, 6.45) is 0.995. The molecule has 1 atom stereocenters. The molecule has 1 aromatic rings. The largest absolute Gasteiger partial charge is 0.484 e. The Bertz CT molecular complexity index is 414. The first-order valence-corrected chi connectivity index (χ1v) is 6.88. The third-order valence-corrected chi connectivity index (χ3v) is 3.34. The fourth-order valence-corrected chi connectivity index (χ4v) is 2.15. The number of ether oxygens (including phenoxy) is 1. The van der Waals surface area contributed by atoms with E-state index in [4.69, 9.17) is 4.74 Å². The second-order valence-corrected chi connectivity index (χ2v) is 5.27. The minimum absolute atomic E-state index is 0. The van der Waals surface area contributed by atoms with Gasteiger partial charge in [0.25, 0.3) is 5.91 Å². The molecular formula is C15H23ClN2O2. The zero-order chi connectivity index (χ0) is 13.7. The number of hydrogen-bond acceptors (Lipinski definition) is 3. The van der Waals surface area contributed by atoms with E-state index in [2.05, 4.69) is 24.5 Å². The van der Waals surface area contributed by atoms with Crippen LogP contribution in [-0.4, -0.2) is 31.6 Å². The molecular weight excluding hydrogens is 276 g/mol. The Balaban J connectivity index is 0.00000200. The molecule has 1 amide bonds. The lowest BCUT2D eigenvalue weighted by molar-refractivity contribution is -0.123. The summed E-state index contributed by atoms with van der Waals surface area (Å²) in [5.41, 5.74) is 1.27. The molecule has 1 fully saturated rings. The lowest BCUT2D eigenvalue weighted by Gasteiger charge is -2.12. The topological polar surface area (TPSA) is 50.4 Å². The highest BCUT2D eigenvalue weighted by atomic mass is 35.5. The molecule has 1 unspecified atom stereocenters. The van der Waals surface area contributed by atoms with Crippen molar-refractivity contribution in [3.05, 3.63) is 29.8 Å². The van der Waals surface area contributed by atoms with Gasteiger partial charge in [0.05, 0.1) is 0 Å². The van der Waals surface area contributed by atoms with Gasteiger partial charge in [-0.3, -0.25) is 4.79 Å². The number of amides is 1. The van der Waals surface area contributed by atoms with Gasteiger partial charge in [0.15, 0.2) is 6.61 Å². The molecule has 1 saturated heterocycles. The Kier molecular flexibility index (Phi) is 6.82. The summed E-state index contributed by atoms with van der Waals surface area (Å²) >= 11 is 0. The number of carbonyl (C=O) groups is 1. The molecule has 112 valence electrons. The third-order valence-electron chi connectivity index (χ3n) is 3.34. The summed E-state index contributed by atoms with van der Waals surface area (Å²) in [6, 6.07) is 8.16. The van der Waals surface area contributed by atoms with Crippen molar-refractivity contribution in [2.75, 3.05) is 19.7 Å². The van der Waals surface area contributed by atoms with Gasteiger partial charge in [0.1, 0.15) is 5.75 Å². The van der Waals surface area contributed by atoms with Crippen LogP contribution in [0, 0.1) is 0 Å². The number of nitrogens with one attached hydrogen (secondary N) is 2. The van der Waals surface area contributed by atoms with E-state index in [0.717, 1.165) is 25.3 Å². The van der Waals surface area contributed by atoms with E-state index >= 15 is 0 Å². The van der Waals surface area contributed by atoms with Crippen LogP contribution >= 0.6 is 12.4 Å². The van der Waals surface area contributed by atoms with Crippen LogP contribution in [0.1, 0.15) is 31.7 Å². The molecule has 0 aromatic heterocycles. The van der Waals surface area contributed by atoms with Crippen LogP contribution in [0.25, 0.3) is 0 Å². The van der Waals surface area contributed by atoms with Gasteiger partial charge >= 0.3 is 0 Å². The summed E-state index contributed by atoms with van der Waals surface area (Å²) in [7, 11) is 0. The summed E-state index contributed by atoms with van der Waals surface area (Å²) < 4.78 is 5.48. The van der Waals surface area contributed by atoms with E-state index in [9.17, 15) is 4.79 Å². The summed E-state index contributed by atoms with van der Waals surface area (Å²) in [4.78, 5) is 11.7. The van der Waals surface area contributed by atoms with Crippen LogP contribution in [0.2, 0.25) is 0 Å². The molecule has 2 N–H and O–H groups in total. The lowest BCUT2D eigenvalue weighted by atomic mass is 10.0. The van der Waals surface area contributed by atoms with Gasteiger partial charge < -0.3 is 15.4 Å². The molecule has 0 spiro atoms. The average molecular weight is 299 g/mol. The predicted octanol–water partition coefficient (Wildman–Crippen LogP) is 2.09. The van der Waals surface area contributed by atoms with Crippen LogP contribution in [0.5, 0.6) is 5.75 Å². The molecule has 0 aliphatic carbocycles. The Morgan fingerprint density at radius 3 is 2.65 bits per heavy atom. The van der Waals surface area contributed by atoms with Gasteiger partial charge in [-0.25, -0.2) is 0 Å². The van der Waals surface area contributed by atoms with E-state index in [1.807, 2.05) is 24.3 Å². The van der Waals surface area contributed by atoms with Gasteiger partial charge in [-0.15, -0.1) is 12.4 Å². The minimum atomic E-state index is -0.0540. The van der Waals surface area contributed by atoms with E-state index in [-0.39, 0.29) is 31.0 Å². The SMILES string of the molecule is CC(C)c1ccc(OCC(=O)NC2CCNC2)cc1.Cl. The maximum Gasteiger partial charge on any atom is 0.258 e. The molecule has 1 aromatic carbocycles. The van der Waals surface area contributed by atoms with Gasteiger partial charge in [-0.05, 0) is 36.6 Å². The molecule has 5 heteroatoms. The van der Waals surface area contributed by atoms with Crippen molar-refractivity contribution in [2.24, 2.45) is 0 Å². The Morgan fingerprint density at radius 1 is 1.40 bits per heavy atom. The molecule has 0 bridgehead atoms. The Hall–Kier alpha value is -1.26.